The number of benzene rings is 3. The van der Waals surface area contributed by atoms with Gasteiger partial charge in [0.1, 0.15) is 23.9 Å². The van der Waals surface area contributed by atoms with Gasteiger partial charge in [-0.1, -0.05) is 76.8 Å². The van der Waals surface area contributed by atoms with Crippen molar-refractivity contribution in [2.45, 2.75) is 77.7 Å². The van der Waals surface area contributed by atoms with Gasteiger partial charge >= 0.3 is 5.97 Å². The van der Waals surface area contributed by atoms with E-state index in [2.05, 4.69) is 13.0 Å². The van der Waals surface area contributed by atoms with Gasteiger partial charge in [-0.3, -0.25) is 0 Å². The molecule has 0 amide bonds. The fraction of sp³-hybridized carbons (Fsp3) is 0.394. The van der Waals surface area contributed by atoms with E-state index in [9.17, 15) is 4.79 Å². The van der Waals surface area contributed by atoms with Gasteiger partial charge in [0.15, 0.2) is 0 Å². The number of hydrogen-bond donors (Lipinski definition) is 0. The van der Waals surface area contributed by atoms with E-state index in [1.807, 2.05) is 24.3 Å². The summed E-state index contributed by atoms with van der Waals surface area (Å²) in [5, 5.41) is 8.88. The Morgan fingerprint density at radius 3 is 1.79 bits per heavy atom. The van der Waals surface area contributed by atoms with Crippen LogP contribution >= 0.6 is 0 Å². The standard InChI is InChI=1S/C33H39NO4/c1-2-3-4-5-6-7-8-9-10-11-24-36-30-20-22-32(23-21-30)38-33(35)29-16-18-31(19-17-29)37-26-28-14-12-27(25-34)13-15-28/h12-23H,2-11,24,26H2,1H3. The molecule has 200 valence electrons. The fourth-order valence-corrected chi connectivity index (χ4v) is 4.08. The largest absolute Gasteiger partial charge is 0.494 e. The van der Waals surface area contributed by atoms with Crippen LogP contribution in [0.15, 0.2) is 72.8 Å². The predicted octanol–water partition coefficient (Wildman–Crippen LogP) is 8.66. The zero-order valence-corrected chi connectivity index (χ0v) is 22.5. The minimum Gasteiger partial charge on any atom is -0.494 e. The van der Waals surface area contributed by atoms with Crippen molar-refractivity contribution in [3.05, 3.63) is 89.5 Å². The topological polar surface area (TPSA) is 68.6 Å². The average molecular weight is 514 g/mol. The molecule has 3 aromatic rings. The smallest absolute Gasteiger partial charge is 0.343 e. The molecule has 5 heteroatoms. The normalized spacial score (nSPS) is 10.5. The molecule has 0 radical (unpaired) electrons. The van der Waals surface area contributed by atoms with Crippen molar-refractivity contribution < 1.29 is 19.0 Å². The lowest BCUT2D eigenvalue weighted by molar-refractivity contribution is 0.0734. The van der Waals surface area contributed by atoms with Crippen molar-refractivity contribution in [1.29, 1.82) is 5.26 Å². The monoisotopic (exact) mass is 513 g/mol. The summed E-state index contributed by atoms with van der Waals surface area (Å²) in [5.41, 5.74) is 2.02. The highest BCUT2D eigenvalue weighted by atomic mass is 16.5. The number of carbonyl (C=O) groups is 1. The molecular formula is C33H39NO4. The number of nitrogens with zero attached hydrogens (tertiary/aromatic N) is 1. The average Bonchev–Trinajstić information content (AvgIpc) is 2.96. The lowest BCUT2D eigenvalue weighted by Crippen LogP contribution is -2.08. The molecule has 0 atom stereocenters. The summed E-state index contributed by atoms with van der Waals surface area (Å²) >= 11 is 0. The van der Waals surface area contributed by atoms with Crippen LogP contribution < -0.4 is 14.2 Å². The van der Waals surface area contributed by atoms with Crippen LogP contribution in [0.4, 0.5) is 0 Å². The summed E-state index contributed by atoms with van der Waals surface area (Å²) in [6, 6.07) is 23.3. The lowest BCUT2D eigenvalue weighted by atomic mass is 10.1. The number of carbonyl (C=O) groups excluding carboxylic acids is 1. The summed E-state index contributed by atoms with van der Waals surface area (Å²) in [4.78, 5) is 12.5. The third-order valence-electron chi connectivity index (χ3n) is 6.38. The van der Waals surface area contributed by atoms with Gasteiger partial charge in [0.25, 0.3) is 0 Å². The van der Waals surface area contributed by atoms with Gasteiger partial charge in [-0.15, -0.1) is 0 Å². The third kappa shape index (κ3) is 10.7. The van der Waals surface area contributed by atoms with Crippen LogP contribution in [0, 0.1) is 11.3 Å². The van der Waals surface area contributed by atoms with E-state index in [1.165, 1.54) is 57.8 Å². The Morgan fingerprint density at radius 1 is 0.658 bits per heavy atom. The van der Waals surface area contributed by atoms with Crippen LogP contribution in [-0.2, 0) is 6.61 Å². The maximum Gasteiger partial charge on any atom is 0.343 e. The van der Waals surface area contributed by atoms with Crippen molar-refractivity contribution in [1.82, 2.24) is 0 Å². The second kappa shape index (κ2) is 16.9. The van der Waals surface area contributed by atoms with Gasteiger partial charge in [-0.2, -0.15) is 5.26 Å². The minimum atomic E-state index is -0.428. The number of esters is 1. The molecule has 0 fully saturated rings. The van der Waals surface area contributed by atoms with Gasteiger partial charge in [0.05, 0.1) is 23.8 Å². The van der Waals surface area contributed by atoms with Gasteiger partial charge in [-0.05, 0) is 72.6 Å². The van der Waals surface area contributed by atoms with E-state index in [1.54, 1.807) is 48.5 Å². The van der Waals surface area contributed by atoms with E-state index in [-0.39, 0.29) is 0 Å². The molecule has 5 nitrogen and oxygen atoms in total. The van der Waals surface area contributed by atoms with Crippen LogP contribution in [0.3, 0.4) is 0 Å². The number of rotatable bonds is 17. The summed E-state index contributed by atoms with van der Waals surface area (Å²) in [6.45, 7) is 3.34. The SMILES string of the molecule is CCCCCCCCCCCCOc1ccc(OC(=O)c2ccc(OCc3ccc(C#N)cc3)cc2)cc1. The Balaban J connectivity index is 1.31. The quantitative estimate of drug-likeness (QED) is 0.103. The number of ether oxygens (including phenoxy) is 3. The second-order valence-electron chi connectivity index (χ2n) is 9.51. The summed E-state index contributed by atoms with van der Waals surface area (Å²) in [6.07, 6.45) is 13.0. The van der Waals surface area contributed by atoms with Crippen molar-refractivity contribution in [3.63, 3.8) is 0 Å². The molecule has 0 aliphatic carbocycles. The first-order valence-corrected chi connectivity index (χ1v) is 13.8. The number of nitriles is 1. The Morgan fingerprint density at radius 2 is 1.18 bits per heavy atom. The summed E-state index contributed by atoms with van der Waals surface area (Å²) in [5.74, 6) is 1.48. The molecule has 0 saturated carbocycles. The summed E-state index contributed by atoms with van der Waals surface area (Å²) < 4.78 is 17.1. The van der Waals surface area contributed by atoms with Gasteiger partial charge in [0.2, 0.25) is 0 Å². The second-order valence-corrected chi connectivity index (χ2v) is 9.51. The first kappa shape index (κ1) is 28.8. The van der Waals surface area contributed by atoms with Crippen molar-refractivity contribution in [2.24, 2.45) is 0 Å². The van der Waals surface area contributed by atoms with Crippen molar-refractivity contribution in [3.8, 4) is 23.3 Å². The van der Waals surface area contributed by atoms with Gasteiger partial charge < -0.3 is 14.2 Å². The highest BCUT2D eigenvalue weighted by Gasteiger charge is 2.09. The zero-order chi connectivity index (χ0) is 26.8. The van der Waals surface area contributed by atoms with Crippen molar-refractivity contribution in [2.75, 3.05) is 6.61 Å². The Bertz CT molecular complexity index is 1120. The molecule has 0 unspecified atom stereocenters. The van der Waals surface area contributed by atoms with Crippen molar-refractivity contribution >= 4 is 5.97 Å². The first-order chi connectivity index (χ1) is 18.7. The molecule has 38 heavy (non-hydrogen) atoms. The predicted molar refractivity (Wildman–Crippen MR) is 151 cm³/mol. The Kier molecular flexibility index (Phi) is 12.8. The minimum absolute atomic E-state index is 0.378. The molecule has 3 aromatic carbocycles. The van der Waals surface area contributed by atoms with Crippen LogP contribution in [0.25, 0.3) is 0 Å². The molecule has 0 bridgehead atoms. The third-order valence-corrected chi connectivity index (χ3v) is 6.38. The summed E-state index contributed by atoms with van der Waals surface area (Å²) in [7, 11) is 0. The lowest BCUT2D eigenvalue weighted by Gasteiger charge is -2.09. The van der Waals surface area contributed by atoms with Crippen LogP contribution in [0.2, 0.25) is 0 Å². The molecule has 0 spiro atoms. The molecule has 3 rings (SSSR count). The van der Waals surface area contributed by atoms with Crippen LogP contribution in [-0.4, -0.2) is 12.6 Å². The highest BCUT2D eigenvalue weighted by molar-refractivity contribution is 5.91. The van der Waals surface area contributed by atoms with Gasteiger partial charge in [0, 0.05) is 0 Å². The fourth-order valence-electron chi connectivity index (χ4n) is 4.08. The molecular weight excluding hydrogens is 474 g/mol. The van der Waals surface area contributed by atoms with E-state index in [0.29, 0.717) is 35.8 Å². The zero-order valence-electron chi connectivity index (χ0n) is 22.5. The molecule has 0 heterocycles. The van der Waals surface area contributed by atoms with Crippen LogP contribution in [0.1, 0.15) is 92.6 Å². The maximum atomic E-state index is 12.5. The Labute approximate surface area is 227 Å². The van der Waals surface area contributed by atoms with Gasteiger partial charge in [-0.25, -0.2) is 4.79 Å². The van der Waals surface area contributed by atoms with E-state index in [0.717, 1.165) is 17.7 Å². The first-order valence-electron chi connectivity index (χ1n) is 13.8. The molecule has 0 aliphatic heterocycles. The number of hydrogen-bond acceptors (Lipinski definition) is 5. The molecule has 0 aliphatic rings. The Hall–Kier alpha value is -3.78. The van der Waals surface area contributed by atoms with E-state index in [4.69, 9.17) is 19.5 Å². The van der Waals surface area contributed by atoms with E-state index < -0.39 is 5.97 Å². The molecule has 0 N–H and O–H groups in total. The van der Waals surface area contributed by atoms with Crippen LogP contribution in [0.5, 0.6) is 17.2 Å². The molecule has 0 saturated heterocycles. The highest BCUT2D eigenvalue weighted by Crippen LogP contribution is 2.21. The number of unbranched alkanes of at least 4 members (excludes halogenated alkanes) is 9. The maximum absolute atomic E-state index is 12.5. The van der Waals surface area contributed by atoms with E-state index >= 15 is 0 Å². The molecule has 0 aromatic heterocycles.